The molecule has 0 bridgehead atoms. The first kappa shape index (κ1) is 15.9. The minimum Gasteiger partial charge on any atom is -0.320 e. The Kier molecular flexibility index (Phi) is 4.41. The SMILES string of the molecule is CS(=O)(=O)Nc1ccccc1NC(=O)c1cc(F)cc(F)c1. The lowest BCUT2D eigenvalue weighted by molar-refractivity contribution is 0.102. The zero-order valence-electron chi connectivity index (χ0n) is 11.4. The van der Waals surface area contributed by atoms with Crippen LogP contribution in [0.25, 0.3) is 0 Å². The van der Waals surface area contributed by atoms with Crippen LogP contribution in [0.1, 0.15) is 10.4 Å². The van der Waals surface area contributed by atoms with Gasteiger partial charge in [0.1, 0.15) is 11.6 Å². The summed E-state index contributed by atoms with van der Waals surface area (Å²) in [6.45, 7) is 0. The molecule has 0 atom stereocenters. The number of hydrogen-bond donors (Lipinski definition) is 2. The Bertz CT molecular complexity index is 802. The molecular weight excluding hydrogens is 314 g/mol. The molecule has 22 heavy (non-hydrogen) atoms. The first-order valence-corrected chi connectivity index (χ1v) is 7.98. The number of anilines is 2. The van der Waals surface area contributed by atoms with Crippen molar-refractivity contribution < 1.29 is 22.0 Å². The monoisotopic (exact) mass is 326 g/mol. The number of carbonyl (C=O) groups is 1. The normalized spacial score (nSPS) is 11.0. The predicted molar refractivity (Wildman–Crippen MR) is 79.2 cm³/mol. The van der Waals surface area contributed by atoms with Gasteiger partial charge in [0.25, 0.3) is 5.91 Å². The van der Waals surface area contributed by atoms with E-state index in [-0.39, 0.29) is 16.9 Å². The Balaban J connectivity index is 2.29. The first-order valence-electron chi connectivity index (χ1n) is 6.09. The smallest absolute Gasteiger partial charge is 0.255 e. The third kappa shape index (κ3) is 4.26. The minimum absolute atomic E-state index is 0.148. The average Bonchev–Trinajstić information content (AvgIpc) is 2.38. The Morgan fingerprint density at radius 3 is 2.09 bits per heavy atom. The van der Waals surface area contributed by atoms with Crippen LogP contribution in [0, 0.1) is 11.6 Å². The second-order valence-electron chi connectivity index (χ2n) is 4.53. The Morgan fingerprint density at radius 1 is 1.00 bits per heavy atom. The van der Waals surface area contributed by atoms with Crippen LogP contribution < -0.4 is 10.0 Å². The minimum atomic E-state index is -3.53. The lowest BCUT2D eigenvalue weighted by Crippen LogP contribution is -2.16. The highest BCUT2D eigenvalue weighted by Gasteiger charge is 2.13. The van der Waals surface area contributed by atoms with Crippen LogP contribution in [0.4, 0.5) is 20.2 Å². The lowest BCUT2D eigenvalue weighted by Gasteiger charge is -2.12. The van der Waals surface area contributed by atoms with Crippen LogP contribution in [0.3, 0.4) is 0 Å². The van der Waals surface area contributed by atoms with Gasteiger partial charge in [0.2, 0.25) is 10.0 Å². The summed E-state index contributed by atoms with van der Waals surface area (Å²) in [6.07, 6.45) is 0.966. The van der Waals surface area contributed by atoms with E-state index >= 15 is 0 Å². The van der Waals surface area contributed by atoms with Crippen molar-refractivity contribution >= 4 is 27.3 Å². The number of hydrogen-bond acceptors (Lipinski definition) is 3. The summed E-state index contributed by atoms with van der Waals surface area (Å²) in [5, 5.41) is 2.40. The van der Waals surface area contributed by atoms with Gasteiger partial charge in [0.05, 0.1) is 17.6 Å². The maximum atomic E-state index is 13.1. The summed E-state index contributed by atoms with van der Waals surface area (Å²) in [4.78, 5) is 12.0. The van der Waals surface area contributed by atoms with Gasteiger partial charge in [-0.3, -0.25) is 9.52 Å². The van der Waals surface area contributed by atoms with Crippen LogP contribution in [-0.4, -0.2) is 20.6 Å². The Labute approximate surface area is 126 Å². The molecule has 0 aliphatic rings. The van der Waals surface area contributed by atoms with E-state index in [2.05, 4.69) is 10.0 Å². The van der Waals surface area contributed by atoms with Gasteiger partial charge in [-0.05, 0) is 24.3 Å². The molecular formula is C14H12F2N2O3S. The number of halogens is 2. The van der Waals surface area contributed by atoms with Crippen LogP contribution in [-0.2, 0) is 10.0 Å². The van der Waals surface area contributed by atoms with Crippen molar-refractivity contribution in [1.82, 2.24) is 0 Å². The van der Waals surface area contributed by atoms with Crippen LogP contribution in [0.2, 0.25) is 0 Å². The quantitative estimate of drug-likeness (QED) is 0.907. The third-order valence-corrected chi connectivity index (χ3v) is 3.19. The van der Waals surface area contributed by atoms with E-state index < -0.39 is 27.6 Å². The van der Waals surface area contributed by atoms with Crippen molar-refractivity contribution in [3.05, 3.63) is 59.7 Å². The molecule has 0 aromatic heterocycles. The highest BCUT2D eigenvalue weighted by atomic mass is 32.2. The zero-order valence-corrected chi connectivity index (χ0v) is 12.2. The molecule has 1 amide bonds. The number of rotatable bonds is 4. The van der Waals surface area contributed by atoms with E-state index in [1.54, 1.807) is 12.1 Å². The van der Waals surface area contributed by atoms with Gasteiger partial charge in [0.15, 0.2) is 0 Å². The molecule has 0 heterocycles. The second kappa shape index (κ2) is 6.10. The highest BCUT2D eigenvalue weighted by molar-refractivity contribution is 7.92. The van der Waals surface area contributed by atoms with Crippen molar-refractivity contribution in [2.45, 2.75) is 0 Å². The van der Waals surface area contributed by atoms with Gasteiger partial charge >= 0.3 is 0 Å². The molecule has 116 valence electrons. The molecule has 2 aromatic carbocycles. The molecule has 0 saturated heterocycles. The molecule has 0 radical (unpaired) electrons. The fraction of sp³-hybridized carbons (Fsp3) is 0.0714. The number of sulfonamides is 1. The molecule has 0 aliphatic carbocycles. The second-order valence-corrected chi connectivity index (χ2v) is 6.28. The van der Waals surface area contributed by atoms with E-state index in [9.17, 15) is 22.0 Å². The number of para-hydroxylation sites is 2. The highest BCUT2D eigenvalue weighted by Crippen LogP contribution is 2.23. The third-order valence-electron chi connectivity index (χ3n) is 2.60. The summed E-state index contributed by atoms with van der Waals surface area (Å²) < 4.78 is 51.0. The standard InChI is InChI=1S/C14H12F2N2O3S/c1-22(20,21)18-13-5-3-2-4-12(13)17-14(19)9-6-10(15)8-11(16)7-9/h2-8,18H,1H3,(H,17,19). The molecule has 0 saturated carbocycles. The lowest BCUT2D eigenvalue weighted by atomic mass is 10.2. The van der Waals surface area contributed by atoms with Crippen molar-refractivity contribution in [3.63, 3.8) is 0 Å². The zero-order chi connectivity index (χ0) is 16.3. The number of nitrogens with one attached hydrogen (secondary N) is 2. The van der Waals surface area contributed by atoms with Gasteiger partial charge in [-0.25, -0.2) is 17.2 Å². The molecule has 2 N–H and O–H groups in total. The maximum absolute atomic E-state index is 13.1. The van der Waals surface area contributed by atoms with Crippen molar-refractivity contribution in [3.8, 4) is 0 Å². The predicted octanol–water partition coefficient (Wildman–Crippen LogP) is 2.59. The Morgan fingerprint density at radius 2 is 1.55 bits per heavy atom. The first-order chi connectivity index (χ1) is 10.2. The fourth-order valence-corrected chi connectivity index (χ4v) is 2.34. The van der Waals surface area contributed by atoms with Crippen LogP contribution in [0.5, 0.6) is 0 Å². The van der Waals surface area contributed by atoms with Gasteiger partial charge in [-0.2, -0.15) is 0 Å². The van der Waals surface area contributed by atoms with Crippen molar-refractivity contribution in [2.75, 3.05) is 16.3 Å². The molecule has 2 rings (SSSR count). The average molecular weight is 326 g/mol. The summed E-state index contributed by atoms with van der Waals surface area (Å²) in [6, 6.07) is 8.47. The molecule has 5 nitrogen and oxygen atoms in total. The van der Waals surface area contributed by atoms with Crippen LogP contribution in [0.15, 0.2) is 42.5 Å². The maximum Gasteiger partial charge on any atom is 0.255 e. The molecule has 0 spiro atoms. The number of carbonyl (C=O) groups excluding carboxylic acids is 1. The fourth-order valence-electron chi connectivity index (χ4n) is 1.76. The summed E-state index contributed by atoms with van der Waals surface area (Å²) in [5.41, 5.74) is 0.101. The van der Waals surface area contributed by atoms with Gasteiger partial charge in [0, 0.05) is 11.6 Å². The molecule has 0 unspecified atom stereocenters. The number of benzene rings is 2. The topological polar surface area (TPSA) is 75.3 Å². The van der Waals surface area contributed by atoms with E-state index in [0.29, 0.717) is 6.07 Å². The Hall–Kier alpha value is -2.48. The van der Waals surface area contributed by atoms with Gasteiger partial charge in [-0.1, -0.05) is 12.1 Å². The van der Waals surface area contributed by atoms with Crippen molar-refractivity contribution in [2.24, 2.45) is 0 Å². The van der Waals surface area contributed by atoms with Crippen molar-refractivity contribution in [1.29, 1.82) is 0 Å². The summed E-state index contributed by atoms with van der Waals surface area (Å²) in [5.74, 6) is -2.53. The summed E-state index contributed by atoms with van der Waals surface area (Å²) >= 11 is 0. The molecule has 8 heteroatoms. The van der Waals surface area contributed by atoms with E-state index in [4.69, 9.17) is 0 Å². The molecule has 0 aliphatic heterocycles. The van der Waals surface area contributed by atoms with Crippen LogP contribution >= 0.6 is 0 Å². The van der Waals surface area contributed by atoms with Gasteiger partial charge < -0.3 is 5.32 Å². The van der Waals surface area contributed by atoms with E-state index in [0.717, 1.165) is 18.4 Å². The molecule has 0 fully saturated rings. The van der Waals surface area contributed by atoms with Gasteiger partial charge in [-0.15, -0.1) is 0 Å². The largest absolute Gasteiger partial charge is 0.320 e. The van der Waals surface area contributed by atoms with E-state index in [1.807, 2.05) is 0 Å². The molecule has 2 aromatic rings. The summed E-state index contributed by atoms with van der Waals surface area (Å²) in [7, 11) is -3.53. The number of amides is 1. The van der Waals surface area contributed by atoms with E-state index in [1.165, 1.54) is 12.1 Å².